The Morgan fingerprint density at radius 1 is 0.952 bits per heavy atom. The number of carbonyl (C=O) groups excluding carboxylic acids is 2. The molecule has 3 aromatic carbocycles. The van der Waals surface area contributed by atoms with Crippen molar-refractivity contribution in [1.82, 2.24) is 10.2 Å². The summed E-state index contributed by atoms with van der Waals surface area (Å²) in [5.74, 6) is -0.678. The molecule has 0 saturated heterocycles. The zero-order chi connectivity index (χ0) is 30.3. The molecule has 1 aliphatic rings. The van der Waals surface area contributed by atoms with Crippen LogP contribution in [-0.4, -0.2) is 43.8 Å². The summed E-state index contributed by atoms with van der Waals surface area (Å²) >= 11 is 6.41. The fourth-order valence-electron chi connectivity index (χ4n) is 5.57. The van der Waals surface area contributed by atoms with Gasteiger partial charge >= 0.3 is 0 Å². The standard InChI is InChI=1S/C33H40ClN3O4S/c1-4-30(33(39)35-27-15-7-5-8-16-27)36(22-26-14-11-13-24(2)21-26)32(38)23-37(31-20-12-19-29(34)25(31)3)42(40,41)28-17-9-6-10-18-28/h6,9-14,17-21,27,30H,4-5,7-8,15-16,22-23H2,1-3H3,(H,35,39)/t30-/m0/s1. The molecule has 1 atom stereocenters. The maximum Gasteiger partial charge on any atom is 0.264 e. The number of carbonyl (C=O) groups is 2. The minimum atomic E-state index is -4.15. The van der Waals surface area contributed by atoms with E-state index in [1.165, 1.54) is 17.0 Å². The van der Waals surface area contributed by atoms with Crippen molar-refractivity contribution in [2.75, 3.05) is 10.8 Å². The second-order valence-electron chi connectivity index (χ2n) is 11.0. The van der Waals surface area contributed by atoms with Crippen molar-refractivity contribution in [3.8, 4) is 0 Å². The van der Waals surface area contributed by atoms with E-state index in [1.54, 1.807) is 43.3 Å². The molecule has 0 heterocycles. The number of amides is 2. The second kappa shape index (κ2) is 14.2. The number of halogens is 1. The first-order valence-electron chi connectivity index (χ1n) is 14.6. The molecule has 1 aliphatic carbocycles. The molecule has 1 N–H and O–H groups in total. The van der Waals surface area contributed by atoms with Crippen LogP contribution in [0.2, 0.25) is 5.02 Å². The molecule has 1 fully saturated rings. The van der Waals surface area contributed by atoms with Crippen LogP contribution < -0.4 is 9.62 Å². The Labute approximate surface area is 254 Å². The van der Waals surface area contributed by atoms with Crippen molar-refractivity contribution in [2.45, 2.75) is 82.8 Å². The molecule has 0 bridgehead atoms. The largest absolute Gasteiger partial charge is 0.352 e. The zero-order valence-corrected chi connectivity index (χ0v) is 26.1. The van der Waals surface area contributed by atoms with Crippen molar-refractivity contribution < 1.29 is 18.0 Å². The van der Waals surface area contributed by atoms with Gasteiger partial charge in [0.05, 0.1) is 10.6 Å². The minimum Gasteiger partial charge on any atom is -0.352 e. The smallest absolute Gasteiger partial charge is 0.264 e. The predicted octanol–water partition coefficient (Wildman–Crippen LogP) is 6.41. The quantitative estimate of drug-likeness (QED) is 0.272. The lowest BCUT2D eigenvalue weighted by atomic mass is 9.95. The lowest BCUT2D eigenvalue weighted by Crippen LogP contribution is -2.54. The highest BCUT2D eigenvalue weighted by atomic mass is 35.5. The number of rotatable bonds is 11. The molecular formula is C33H40ClN3O4S. The highest BCUT2D eigenvalue weighted by Gasteiger charge is 2.35. The van der Waals surface area contributed by atoms with Crippen molar-refractivity contribution in [3.05, 3.63) is 94.5 Å². The summed E-state index contributed by atoms with van der Waals surface area (Å²) in [6.45, 7) is 5.26. The summed E-state index contributed by atoms with van der Waals surface area (Å²) in [7, 11) is -4.15. The molecule has 0 spiro atoms. The van der Waals surface area contributed by atoms with Crippen LogP contribution >= 0.6 is 11.6 Å². The van der Waals surface area contributed by atoms with E-state index in [1.807, 2.05) is 38.1 Å². The van der Waals surface area contributed by atoms with E-state index in [0.717, 1.165) is 47.5 Å². The predicted molar refractivity (Wildman–Crippen MR) is 168 cm³/mol. The molecule has 3 aromatic rings. The highest BCUT2D eigenvalue weighted by molar-refractivity contribution is 7.92. The number of aryl methyl sites for hydroxylation is 1. The number of hydrogen-bond donors (Lipinski definition) is 1. The molecule has 0 radical (unpaired) electrons. The van der Waals surface area contributed by atoms with Crippen LogP contribution in [0, 0.1) is 13.8 Å². The van der Waals surface area contributed by atoms with Gasteiger partial charge in [-0.2, -0.15) is 0 Å². The summed E-state index contributed by atoms with van der Waals surface area (Å²) in [6, 6.07) is 20.1. The van der Waals surface area contributed by atoms with Gasteiger partial charge in [-0.15, -0.1) is 0 Å². The van der Waals surface area contributed by atoms with Gasteiger partial charge in [0.1, 0.15) is 12.6 Å². The Balaban J connectivity index is 1.73. The summed E-state index contributed by atoms with van der Waals surface area (Å²) in [6.07, 6.45) is 5.53. The fraction of sp³-hybridized carbons (Fsp3) is 0.394. The van der Waals surface area contributed by atoms with Crippen LogP contribution in [0.4, 0.5) is 5.69 Å². The third-order valence-electron chi connectivity index (χ3n) is 7.89. The van der Waals surface area contributed by atoms with E-state index in [2.05, 4.69) is 5.32 Å². The Hall–Kier alpha value is -3.36. The Morgan fingerprint density at radius 3 is 2.31 bits per heavy atom. The van der Waals surface area contributed by atoms with Crippen LogP contribution in [0.5, 0.6) is 0 Å². The SMILES string of the molecule is CC[C@@H](C(=O)NC1CCCCC1)N(Cc1cccc(C)c1)C(=O)CN(c1cccc(Cl)c1C)S(=O)(=O)c1ccccc1. The average Bonchev–Trinajstić information content (AvgIpc) is 2.98. The third-order valence-corrected chi connectivity index (χ3v) is 10.1. The lowest BCUT2D eigenvalue weighted by molar-refractivity contribution is -0.140. The summed E-state index contributed by atoms with van der Waals surface area (Å²) in [4.78, 5) is 29.5. The number of nitrogens with zero attached hydrogens (tertiary/aromatic N) is 2. The maximum absolute atomic E-state index is 14.3. The van der Waals surface area contributed by atoms with Crippen molar-refractivity contribution in [2.24, 2.45) is 0 Å². The zero-order valence-electron chi connectivity index (χ0n) is 24.6. The molecule has 1 saturated carbocycles. The van der Waals surface area contributed by atoms with Gasteiger partial charge in [0.25, 0.3) is 10.0 Å². The monoisotopic (exact) mass is 609 g/mol. The number of sulfonamides is 1. The molecule has 9 heteroatoms. The molecule has 2 amide bonds. The van der Waals surface area contributed by atoms with Crippen LogP contribution in [-0.2, 0) is 26.2 Å². The van der Waals surface area contributed by atoms with Crippen LogP contribution in [0.3, 0.4) is 0 Å². The van der Waals surface area contributed by atoms with E-state index >= 15 is 0 Å². The van der Waals surface area contributed by atoms with E-state index < -0.39 is 28.5 Å². The average molecular weight is 610 g/mol. The molecule has 0 unspecified atom stereocenters. The molecular weight excluding hydrogens is 570 g/mol. The summed E-state index contributed by atoms with van der Waals surface area (Å²) < 4.78 is 29.2. The first-order chi connectivity index (χ1) is 20.1. The molecule has 7 nitrogen and oxygen atoms in total. The lowest BCUT2D eigenvalue weighted by Gasteiger charge is -2.35. The van der Waals surface area contributed by atoms with Gasteiger partial charge in [0.2, 0.25) is 11.8 Å². The van der Waals surface area contributed by atoms with Gasteiger partial charge in [-0.3, -0.25) is 13.9 Å². The first-order valence-corrected chi connectivity index (χ1v) is 16.4. The third kappa shape index (κ3) is 7.53. The van der Waals surface area contributed by atoms with Gasteiger partial charge in [0.15, 0.2) is 0 Å². The Morgan fingerprint density at radius 2 is 1.64 bits per heavy atom. The maximum atomic E-state index is 14.3. The normalized spacial score (nSPS) is 14.7. The molecule has 0 aliphatic heterocycles. The van der Waals surface area contributed by atoms with Crippen LogP contribution in [0.15, 0.2) is 77.7 Å². The molecule has 0 aromatic heterocycles. The number of anilines is 1. The van der Waals surface area contributed by atoms with Crippen LogP contribution in [0.1, 0.15) is 62.1 Å². The highest BCUT2D eigenvalue weighted by Crippen LogP contribution is 2.31. The second-order valence-corrected chi connectivity index (χ2v) is 13.3. The van der Waals surface area contributed by atoms with Crippen molar-refractivity contribution >= 4 is 39.1 Å². The minimum absolute atomic E-state index is 0.0597. The summed E-state index contributed by atoms with van der Waals surface area (Å²) in [5, 5.41) is 3.57. The van der Waals surface area contributed by atoms with E-state index in [-0.39, 0.29) is 23.4 Å². The van der Waals surface area contributed by atoms with Gasteiger partial charge in [-0.05, 0) is 68.5 Å². The first kappa shape index (κ1) is 31.6. The Kier molecular flexibility index (Phi) is 10.7. The van der Waals surface area contributed by atoms with Gasteiger partial charge in [-0.25, -0.2) is 8.42 Å². The molecule has 224 valence electrons. The molecule has 42 heavy (non-hydrogen) atoms. The molecule has 4 rings (SSSR count). The Bertz CT molecular complexity index is 1490. The van der Waals surface area contributed by atoms with Crippen molar-refractivity contribution in [1.29, 1.82) is 0 Å². The number of hydrogen-bond acceptors (Lipinski definition) is 4. The van der Waals surface area contributed by atoms with Gasteiger partial charge < -0.3 is 10.2 Å². The van der Waals surface area contributed by atoms with Gasteiger partial charge in [-0.1, -0.05) is 91.9 Å². The van der Waals surface area contributed by atoms with E-state index in [9.17, 15) is 18.0 Å². The summed E-state index contributed by atoms with van der Waals surface area (Å²) in [5.41, 5.74) is 2.75. The fourth-order valence-corrected chi connectivity index (χ4v) is 7.23. The van der Waals surface area contributed by atoms with Crippen molar-refractivity contribution in [3.63, 3.8) is 0 Å². The van der Waals surface area contributed by atoms with E-state index in [4.69, 9.17) is 11.6 Å². The topological polar surface area (TPSA) is 86.8 Å². The number of benzene rings is 3. The van der Waals surface area contributed by atoms with E-state index in [0.29, 0.717) is 22.7 Å². The number of nitrogens with one attached hydrogen (secondary N) is 1. The van der Waals surface area contributed by atoms with Gasteiger partial charge in [0, 0.05) is 17.6 Å². The van der Waals surface area contributed by atoms with Crippen LogP contribution in [0.25, 0.3) is 0 Å².